The molecule has 0 atom stereocenters. The van der Waals surface area contributed by atoms with Crippen molar-refractivity contribution in [3.63, 3.8) is 0 Å². The van der Waals surface area contributed by atoms with Gasteiger partial charge in [0.2, 0.25) is 11.4 Å². The maximum absolute atomic E-state index is 12.1. The summed E-state index contributed by atoms with van der Waals surface area (Å²) in [5, 5.41) is 2.56. The predicted octanol–water partition coefficient (Wildman–Crippen LogP) is 16.5. The summed E-state index contributed by atoms with van der Waals surface area (Å²) in [7, 11) is 0. The van der Waals surface area contributed by atoms with Crippen molar-refractivity contribution in [2.75, 3.05) is 0 Å². The number of nitrogens with zero attached hydrogens (tertiary/aromatic N) is 2. The Bertz CT molecular complexity index is 1360. The Balaban J connectivity index is 0.00000175. The Kier molecular flexibility index (Phi) is 26.2. The van der Waals surface area contributed by atoms with Gasteiger partial charge in [-0.05, 0) is 86.8 Å². The van der Waals surface area contributed by atoms with E-state index in [1.54, 1.807) is 0 Å². The third-order valence-electron chi connectivity index (χ3n) is 9.87. The second-order valence-corrected chi connectivity index (χ2v) is 16.2. The van der Waals surface area contributed by atoms with Crippen molar-refractivity contribution in [2.24, 2.45) is 0 Å². The number of aryl methyl sites for hydroxylation is 2. The van der Waals surface area contributed by atoms with E-state index in [2.05, 4.69) is 114 Å². The van der Waals surface area contributed by atoms with E-state index in [-0.39, 0.29) is 0 Å². The minimum atomic E-state index is 0.898. The topological polar surface area (TPSA) is 25.3 Å². The Morgan fingerprint density at radius 2 is 0.962 bits per heavy atom. The fourth-order valence-corrected chi connectivity index (χ4v) is 7.27. The molecule has 0 saturated carbocycles. The molecule has 0 saturated heterocycles. The monoisotopic (exact) mass is 751 g/mol. The summed E-state index contributed by atoms with van der Waals surface area (Å²) in [6.45, 7) is 13.4. The van der Waals surface area contributed by atoms with Crippen LogP contribution >= 0.6 is 0 Å². The van der Waals surface area contributed by atoms with Crippen molar-refractivity contribution >= 4 is 11.4 Å². The van der Waals surface area contributed by atoms with Crippen LogP contribution in [0.5, 0.6) is 0 Å². The van der Waals surface area contributed by atoms with Crippen molar-refractivity contribution in [3.8, 4) is 0 Å². The summed E-state index contributed by atoms with van der Waals surface area (Å²) in [6.07, 6.45) is 35.5. The zero-order valence-corrected chi connectivity index (χ0v) is 35.4. The molecule has 0 aromatic heterocycles. The molecule has 0 aliphatic carbocycles. The van der Waals surface area contributed by atoms with Gasteiger partial charge >= 0.3 is 39.1 Å². The van der Waals surface area contributed by atoms with E-state index >= 15 is 0 Å². The molecular formula is C49H76N2Ni. The van der Waals surface area contributed by atoms with Crippen LogP contribution in [0.3, 0.4) is 0 Å². The van der Waals surface area contributed by atoms with Crippen LogP contribution in [0, 0.1) is 0 Å². The van der Waals surface area contributed by atoms with Gasteiger partial charge in [0.1, 0.15) is 0 Å². The van der Waals surface area contributed by atoms with Crippen molar-refractivity contribution < 1.29 is 19.1 Å². The van der Waals surface area contributed by atoms with Crippen LogP contribution < -0.4 is 0 Å². The molecule has 0 N–H and O–H groups in total. The first kappa shape index (κ1) is 45.7. The summed E-state index contributed by atoms with van der Waals surface area (Å²) in [4.78, 5) is 0. The molecule has 0 unspecified atom stereocenters. The Morgan fingerprint density at radius 3 is 1.46 bits per heavy atom. The van der Waals surface area contributed by atoms with Crippen LogP contribution in [-0.2, 0) is 27.3 Å². The van der Waals surface area contributed by atoms with Crippen molar-refractivity contribution in [1.29, 1.82) is 0 Å². The Labute approximate surface area is 328 Å². The molecule has 1 aliphatic heterocycles. The average Bonchev–Trinajstić information content (AvgIpc) is 3.44. The van der Waals surface area contributed by atoms with E-state index in [1.807, 2.05) is 14.4 Å². The van der Waals surface area contributed by atoms with Crippen LogP contribution in [0.25, 0.3) is 16.9 Å². The van der Waals surface area contributed by atoms with Gasteiger partial charge in [-0.1, -0.05) is 160 Å². The number of rotatable bonds is 27. The number of hydrogen-bond acceptors (Lipinski definition) is 0. The van der Waals surface area contributed by atoms with Crippen LogP contribution in [0.2, 0.25) is 10.8 Å². The van der Waals surface area contributed by atoms with Gasteiger partial charge in [-0.2, -0.15) is 0 Å². The summed E-state index contributed by atoms with van der Waals surface area (Å²) in [5.74, 6) is 0. The van der Waals surface area contributed by atoms with Gasteiger partial charge < -0.3 is 5.53 Å². The number of allylic oxidation sites excluding steroid dienone is 6. The molecule has 2 aromatic rings. The van der Waals surface area contributed by atoms with Gasteiger partial charge in [-0.25, -0.2) is 4.70 Å². The van der Waals surface area contributed by atoms with Crippen molar-refractivity contribution in [3.05, 3.63) is 112 Å². The third kappa shape index (κ3) is 17.5. The van der Waals surface area contributed by atoms with E-state index < -0.39 is 0 Å². The third-order valence-corrected chi connectivity index (χ3v) is 10.9. The van der Waals surface area contributed by atoms with E-state index in [0.717, 1.165) is 59.4 Å². The van der Waals surface area contributed by atoms with Gasteiger partial charge in [0.05, 0.1) is 11.1 Å². The molecule has 0 bridgehead atoms. The van der Waals surface area contributed by atoms with Crippen molar-refractivity contribution in [2.45, 2.75) is 187 Å². The first-order valence-electron chi connectivity index (χ1n) is 21.5. The van der Waals surface area contributed by atoms with E-state index in [9.17, 15) is 5.53 Å². The predicted molar refractivity (Wildman–Crippen MR) is 227 cm³/mol. The summed E-state index contributed by atoms with van der Waals surface area (Å²) >= 11 is 1.82. The second kappa shape index (κ2) is 29.9. The zero-order valence-electron chi connectivity index (χ0n) is 34.4. The fourth-order valence-electron chi connectivity index (χ4n) is 6.78. The zero-order chi connectivity index (χ0) is 37.7. The number of unbranched alkanes of at least 4 members (excludes halogenated alkanes) is 15. The molecular weight excluding hydrogens is 675 g/mol. The van der Waals surface area contributed by atoms with Gasteiger partial charge in [0.15, 0.2) is 0 Å². The first-order chi connectivity index (χ1) is 25.6. The van der Waals surface area contributed by atoms with Crippen LogP contribution in [0.1, 0.15) is 186 Å². The van der Waals surface area contributed by atoms with E-state index in [0.29, 0.717) is 0 Å². The van der Waals surface area contributed by atoms with Crippen LogP contribution in [-0.4, -0.2) is 4.70 Å². The van der Waals surface area contributed by atoms with Crippen molar-refractivity contribution in [1.82, 2.24) is 0 Å². The molecule has 3 heteroatoms. The molecule has 52 heavy (non-hydrogen) atoms. The maximum atomic E-state index is 12.1. The Hall–Kier alpha value is -2.51. The van der Waals surface area contributed by atoms with Gasteiger partial charge in [-0.15, -0.1) is 0 Å². The standard InChI is InChI=1S/C45H66N2.2C2H5.Ni/c1-5-9-13-15-17-18-19-20-21-23-25-31-42-43(32-24-22-16-14-10-6-2)45(41-30-26-29-39(37-41)28-12-8-4)47(46)44(42)40-35-33-38(34-36-40)27-11-7-3;2*1-2;/h24-26,29-37H,5-23,27-28H2,1-4H3;2*1H2,2H3;. The molecule has 2 nitrogen and oxygen atoms in total. The van der Waals surface area contributed by atoms with E-state index in [1.165, 1.54) is 136 Å². The molecule has 1 heterocycles. The molecule has 0 radical (unpaired) electrons. The molecule has 2 aromatic carbocycles. The first-order valence-corrected chi connectivity index (χ1v) is 22.9. The summed E-state index contributed by atoms with van der Waals surface area (Å²) < 4.78 is 1.49. The van der Waals surface area contributed by atoms with E-state index in [4.69, 9.17) is 0 Å². The Morgan fingerprint density at radius 1 is 0.500 bits per heavy atom. The summed E-state index contributed by atoms with van der Waals surface area (Å²) in [6, 6.07) is 17.8. The minimum absolute atomic E-state index is 0.898. The summed E-state index contributed by atoms with van der Waals surface area (Å²) in [5.41, 5.74) is 21.0. The second-order valence-electron chi connectivity index (χ2n) is 14.3. The van der Waals surface area contributed by atoms with Gasteiger partial charge in [0, 0.05) is 11.1 Å². The molecule has 0 spiro atoms. The SMILES string of the molecule is CCCCCCC=CC1=C(c2cccc(CCCC)c2)[N+](=[N-])C(c2ccc(CCCC)cc2)=C1C=CCCCCCCCCCCC.C[CH2][Ni][CH2]C. The molecule has 0 fully saturated rings. The molecule has 0 amide bonds. The normalized spacial score (nSPS) is 13.3. The molecule has 3 rings (SSSR count). The molecule has 1 aliphatic rings. The average molecular weight is 752 g/mol. The van der Waals surface area contributed by atoms with Crippen LogP contribution in [0.4, 0.5) is 0 Å². The van der Waals surface area contributed by atoms with Gasteiger partial charge in [0.25, 0.3) is 0 Å². The number of benzene rings is 2. The quantitative estimate of drug-likeness (QED) is 0.0493. The fraction of sp³-hybridized carbons (Fsp3) is 0.592. The van der Waals surface area contributed by atoms with Gasteiger partial charge in [-0.3, -0.25) is 0 Å². The molecule has 292 valence electrons. The van der Waals surface area contributed by atoms with Crippen LogP contribution in [0.15, 0.2) is 84.0 Å². The number of hydrogen-bond donors (Lipinski definition) is 0.